The van der Waals surface area contributed by atoms with E-state index >= 15 is 0 Å². The molecule has 0 aliphatic heterocycles. The lowest BCUT2D eigenvalue weighted by Crippen LogP contribution is -2.04. The Morgan fingerprint density at radius 1 is 0.909 bits per heavy atom. The van der Waals surface area contributed by atoms with Crippen LogP contribution in [-0.2, 0) is 10.1 Å². The number of benzene rings is 1. The monoisotopic (exact) mass is 328 g/mol. The van der Waals surface area contributed by atoms with E-state index in [1.807, 2.05) is 0 Å². The zero-order valence-electron chi connectivity index (χ0n) is 13.5. The molecule has 0 spiro atoms. The van der Waals surface area contributed by atoms with Crippen molar-refractivity contribution >= 4 is 10.1 Å². The van der Waals surface area contributed by atoms with E-state index in [1.54, 1.807) is 18.2 Å². The molecule has 0 amide bonds. The molecule has 0 fully saturated rings. The summed E-state index contributed by atoms with van der Waals surface area (Å²) in [5.74, 6) is 0.226. The fraction of sp³-hybridized carbons (Fsp3) is 0.647. The second-order valence-electron chi connectivity index (χ2n) is 5.60. The van der Waals surface area contributed by atoms with Crippen LogP contribution in [0, 0.1) is 0 Å². The minimum absolute atomic E-state index is 0.161. The van der Waals surface area contributed by atoms with E-state index in [4.69, 9.17) is 9.29 Å². The second kappa shape index (κ2) is 10.6. The normalized spacial score (nSPS) is 11.5. The first kappa shape index (κ1) is 19.0. The highest BCUT2D eigenvalue weighted by molar-refractivity contribution is 7.86. The molecule has 1 N–H and O–H groups in total. The molecule has 1 aromatic rings. The molecule has 0 radical (unpaired) electrons. The Labute approximate surface area is 134 Å². The van der Waals surface area contributed by atoms with Crippen LogP contribution in [0.2, 0.25) is 0 Å². The van der Waals surface area contributed by atoms with E-state index in [2.05, 4.69) is 6.92 Å². The number of unbranched alkanes of at least 4 members (excludes halogenated alkanes) is 8. The van der Waals surface area contributed by atoms with Gasteiger partial charge in [0, 0.05) is 0 Å². The first-order valence-electron chi connectivity index (χ1n) is 8.25. The van der Waals surface area contributed by atoms with Crippen molar-refractivity contribution in [3.63, 3.8) is 0 Å². The quantitative estimate of drug-likeness (QED) is 0.440. The van der Waals surface area contributed by atoms with E-state index < -0.39 is 10.1 Å². The highest BCUT2D eigenvalue weighted by Gasteiger charge is 2.15. The zero-order chi connectivity index (χ0) is 16.3. The first-order valence-corrected chi connectivity index (χ1v) is 9.69. The van der Waals surface area contributed by atoms with Gasteiger partial charge in [0.05, 0.1) is 6.61 Å². The Morgan fingerprint density at radius 3 is 2.05 bits per heavy atom. The van der Waals surface area contributed by atoms with Crippen molar-refractivity contribution in [3.05, 3.63) is 24.3 Å². The lowest BCUT2D eigenvalue weighted by Gasteiger charge is -2.09. The van der Waals surface area contributed by atoms with Crippen molar-refractivity contribution < 1.29 is 17.7 Å². The highest BCUT2D eigenvalue weighted by atomic mass is 32.2. The molecule has 0 saturated heterocycles. The standard InChI is InChI=1S/C17H28O4S/c1-2-3-4-5-6-7-8-9-12-15-21-16-13-10-11-14-17(16)22(18,19)20/h10-11,13-14H,2-9,12,15H2,1H3,(H,18,19,20). The summed E-state index contributed by atoms with van der Waals surface area (Å²) in [6, 6.07) is 6.17. The summed E-state index contributed by atoms with van der Waals surface area (Å²) in [6.45, 7) is 2.70. The van der Waals surface area contributed by atoms with Crippen molar-refractivity contribution in [2.24, 2.45) is 0 Å². The predicted molar refractivity (Wildman–Crippen MR) is 89.0 cm³/mol. The second-order valence-corrected chi connectivity index (χ2v) is 6.99. The summed E-state index contributed by atoms with van der Waals surface area (Å²) >= 11 is 0. The summed E-state index contributed by atoms with van der Waals surface area (Å²) in [5, 5.41) is 0. The SMILES string of the molecule is CCCCCCCCCCCOc1ccccc1S(=O)(=O)O. The molecule has 0 aliphatic rings. The maximum Gasteiger partial charge on any atom is 0.298 e. The lowest BCUT2D eigenvalue weighted by atomic mass is 10.1. The molecule has 0 bridgehead atoms. The van der Waals surface area contributed by atoms with Gasteiger partial charge in [0.2, 0.25) is 0 Å². The van der Waals surface area contributed by atoms with Gasteiger partial charge in [-0.3, -0.25) is 4.55 Å². The van der Waals surface area contributed by atoms with E-state index in [1.165, 1.54) is 51.0 Å². The highest BCUT2D eigenvalue weighted by Crippen LogP contribution is 2.23. The van der Waals surface area contributed by atoms with Crippen LogP contribution in [0.4, 0.5) is 0 Å². The van der Waals surface area contributed by atoms with Crippen molar-refractivity contribution in [1.29, 1.82) is 0 Å². The van der Waals surface area contributed by atoms with Gasteiger partial charge in [-0.1, -0.05) is 70.4 Å². The molecule has 126 valence electrons. The molecule has 0 aromatic heterocycles. The van der Waals surface area contributed by atoms with E-state index in [0.717, 1.165) is 12.8 Å². The summed E-state index contributed by atoms with van der Waals surface area (Å²) in [7, 11) is -4.22. The van der Waals surface area contributed by atoms with Crippen LogP contribution < -0.4 is 4.74 Å². The van der Waals surface area contributed by atoms with Crippen molar-refractivity contribution in [1.82, 2.24) is 0 Å². The van der Waals surface area contributed by atoms with Gasteiger partial charge in [-0.15, -0.1) is 0 Å². The number of para-hydroxylation sites is 1. The summed E-state index contributed by atoms with van der Waals surface area (Å²) in [4.78, 5) is -0.161. The van der Waals surface area contributed by atoms with Crippen LogP contribution in [0.3, 0.4) is 0 Å². The lowest BCUT2D eigenvalue weighted by molar-refractivity contribution is 0.295. The van der Waals surface area contributed by atoms with Crippen LogP contribution in [0.25, 0.3) is 0 Å². The average molecular weight is 328 g/mol. The summed E-state index contributed by atoms with van der Waals surface area (Å²) in [6.07, 6.45) is 11.0. The molecule has 5 heteroatoms. The predicted octanol–water partition coefficient (Wildman–Crippen LogP) is 4.84. The minimum Gasteiger partial charge on any atom is -0.492 e. The molecule has 4 nitrogen and oxygen atoms in total. The van der Waals surface area contributed by atoms with Crippen LogP contribution in [0.15, 0.2) is 29.2 Å². The number of hydrogen-bond donors (Lipinski definition) is 1. The van der Waals surface area contributed by atoms with Crippen LogP contribution in [0.1, 0.15) is 64.7 Å². The molecular weight excluding hydrogens is 300 g/mol. The van der Waals surface area contributed by atoms with Crippen molar-refractivity contribution in [2.45, 2.75) is 69.6 Å². The van der Waals surface area contributed by atoms with Gasteiger partial charge < -0.3 is 4.74 Å². The molecule has 0 heterocycles. The molecule has 0 atom stereocenters. The fourth-order valence-corrected chi connectivity index (χ4v) is 3.01. The smallest absolute Gasteiger partial charge is 0.298 e. The Kier molecular flexibility index (Phi) is 9.16. The molecule has 1 rings (SSSR count). The largest absolute Gasteiger partial charge is 0.492 e. The molecular formula is C17H28O4S. The number of ether oxygens (including phenoxy) is 1. The van der Waals surface area contributed by atoms with E-state index in [9.17, 15) is 8.42 Å². The Hall–Kier alpha value is -1.07. The fourth-order valence-electron chi connectivity index (χ4n) is 2.38. The third-order valence-corrected chi connectivity index (χ3v) is 4.53. The average Bonchev–Trinajstić information content (AvgIpc) is 2.48. The minimum atomic E-state index is -4.22. The number of hydrogen-bond acceptors (Lipinski definition) is 3. The maximum absolute atomic E-state index is 11.2. The van der Waals surface area contributed by atoms with Gasteiger partial charge in [0.1, 0.15) is 10.6 Å². The number of rotatable bonds is 12. The Bertz CT molecular complexity index is 511. The van der Waals surface area contributed by atoms with Crippen LogP contribution in [0.5, 0.6) is 5.75 Å². The third-order valence-electron chi connectivity index (χ3n) is 3.63. The Balaban J connectivity index is 2.16. The Morgan fingerprint density at radius 2 is 1.45 bits per heavy atom. The maximum atomic E-state index is 11.2. The van der Waals surface area contributed by atoms with Gasteiger partial charge in [0.25, 0.3) is 10.1 Å². The topological polar surface area (TPSA) is 63.6 Å². The summed E-state index contributed by atoms with van der Waals surface area (Å²) < 4.78 is 37.0. The zero-order valence-corrected chi connectivity index (χ0v) is 14.3. The van der Waals surface area contributed by atoms with Gasteiger partial charge >= 0.3 is 0 Å². The van der Waals surface area contributed by atoms with Crippen LogP contribution >= 0.6 is 0 Å². The molecule has 0 saturated carbocycles. The van der Waals surface area contributed by atoms with Crippen LogP contribution in [-0.4, -0.2) is 19.6 Å². The third kappa shape index (κ3) is 7.80. The molecule has 0 aliphatic carbocycles. The molecule has 0 unspecified atom stereocenters. The summed E-state index contributed by atoms with van der Waals surface area (Å²) in [5.41, 5.74) is 0. The van der Waals surface area contributed by atoms with Crippen molar-refractivity contribution in [3.8, 4) is 5.75 Å². The molecule has 22 heavy (non-hydrogen) atoms. The van der Waals surface area contributed by atoms with Gasteiger partial charge in [0.15, 0.2) is 0 Å². The van der Waals surface area contributed by atoms with Gasteiger partial charge in [-0.2, -0.15) is 8.42 Å². The van der Waals surface area contributed by atoms with Gasteiger partial charge in [-0.25, -0.2) is 0 Å². The van der Waals surface area contributed by atoms with Crippen molar-refractivity contribution in [2.75, 3.05) is 6.61 Å². The molecule has 1 aromatic carbocycles. The first-order chi connectivity index (χ1) is 10.6. The van der Waals surface area contributed by atoms with E-state index in [-0.39, 0.29) is 10.6 Å². The van der Waals surface area contributed by atoms with Gasteiger partial charge in [-0.05, 0) is 18.6 Å². The van der Waals surface area contributed by atoms with E-state index in [0.29, 0.717) is 6.61 Å².